The number of hydrogen-bond donors (Lipinski definition) is 1. The molecule has 0 aromatic rings. The minimum atomic E-state index is -0.852. The number of hydrogen-bond acceptors (Lipinski definition) is 1. The largest absolute Gasteiger partial charge is 0.481 e. The van der Waals surface area contributed by atoms with Gasteiger partial charge in [-0.2, -0.15) is 0 Å². The van der Waals surface area contributed by atoms with Crippen molar-refractivity contribution in [3.63, 3.8) is 0 Å². The normalized spacial score (nSPS) is 15.1. The van der Waals surface area contributed by atoms with Crippen LogP contribution in [0.4, 0.5) is 0 Å². The van der Waals surface area contributed by atoms with Crippen molar-refractivity contribution in [2.45, 2.75) is 25.6 Å². The lowest BCUT2D eigenvalue weighted by molar-refractivity contribution is -0.141. The van der Waals surface area contributed by atoms with E-state index in [2.05, 4.69) is 0 Å². The van der Waals surface area contributed by atoms with Crippen LogP contribution in [0.3, 0.4) is 0 Å². The molecule has 1 unspecified atom stereocenters. The predicted octanol–water partition coefficient (Wildman–Crippen LogP) is 1.72. The second kappa shape index (κ2) is 2.56. The van der Waals surface area contributed by atoms with E-state index < -0.39 is 16.8 Å². The van der Waals surface area contributed by atoms with Crippen LogP contribution in [0.25, 0.3) is 0 Å². The molecule has 0 heterocycles. The molecule has 3 heteroatoms. The highest BCUT2D eigenvalue weighted by molar-refractivity contribution is 6.24. The molecule has 0 aromatic carbocycles. The van der Waals surface area contributed by atoms with Gasteiger partial charge in [-0.15, -0.1) is 11.6 Å². The van der Waals surface area contributed by atoms with Gasteiger partial charge >= 0.3 is 5.97 Å². The lowest BCUT2D eigenvalue weighted by Crippen LogP contribution is -2.28. The molecule has 1 N–H and O–H groups in total. The van der Waals surface area contributed by atoms with Crippen molar-refractivity contribution in [2.24, 2.45) is 5.92 Å². The van der Waals surface area contributed by atoms with E-state index in [1.54, 1.807) is 20.8 Å². The number of carboxylic acid groups (broad SMARTS) is 1. The fourth-order valence-corrected chi connectivity index (χ4v) is 0.387. The molecule has 0 rings (SSSR count). The molecule has 9 heavy (non-hydrogen) atoms. The fourth-order valence-electron chi connectivity index (χ4n) is 0.294. The monoisotopic (exact) mass is 150 g/mol. The SMILES string of the molecule is CC(C(=O)O)C(C)(C)Cl. The van der Waals surface area contributed by atoms with Gasteiger partial charge in [-0.3, -0.25) is 4.79 Å². The summed E-state index contributed by atoms with van der Waals surface area (Å²) in [5.41, 5.74) is 0. The highest BCUT2D eigenvalue weighted by Gasteiger charge is 2.28. The van der Waals surface area contributed by atoms with Crippen molar-refractivity contribution in [3.8, 4) is 0 Å². The van der Waals surface area contributed by atoms with Gasteiger partial charge in [0, 0.05) is 0 Å². The van der Waals surface area contributed by atoms with Crippen molar-refractivity contribution < 1.29 is 9.90 Å². The van der Waals surface area contributed by atoms with Crippen molar-refractivity contribution in [1.82, 2.24) is 0 Å². The van der Waals surface area contributed by atoms with E-state index in [1.807, 2.05) is 0 Å². The van der Waals surface area contributed by atoms with Crippen molar-refractivity contribution in [3.05, 3.63) is 0 Å². The lowest BCUT2D eigenvalue weighted by Gasteiger charge is -2.19. The summed E-state index contributed by atoms with van der Waals surface area (Å²) in [5, 5.41) is 8.43. The van der Waals surface area contributed by atoms with Gasteiger partial charge in [0.1, 0.15) is 0 Å². The van der Waals surface area contributed by atoms with Gasteiger partial charge in [0.25, 0.3) is 0 Å². The molecule has 0 spiro atoms. The zero-order chi connectivity index (χ0) is 7.65. The number of halogens is 1. The second-order valence-corrected chi connectivity index (χ2v) is 3.60. The van der Waals surface area contributed by atoms with Crippen LogP contribution < -0.4 is 0 Å². The minimum Gasteiger partial charge on any atom is -0.481 e. The van der Waals surface area contributed by atoms with Gasteiger partial charge in [0.05, 0.1) is 10.8 Å². The summed E-state index contributed by atoms with van der Waals surface area (Å²) in [4.78, 5) is 9.61. The quantitative estimate of drug-likeness (QED) is 0.609. The molecule has 0 aliphatic rings. The Hall–Kier alpha value is -0.240. The van der Waals surface area contributed by atoms with Gasteiger partial charge < -0.3 is 5.11 Å². The van der Waals surface area contributed by atoms with Crippen molar-refractivity contribution in [2.75, 3.05) is 0 Å². The average Bonchev–Trinajstić information content (AvgIpc) is 1.62. The Labute approximate surface area is 59.8 Å². The average molecular weight is 151 g/mol. The van der Waals surface area contributed by atoms with Crippen LogP contribution >= 0.6 is 11.6 Å². The van der Waals surface area contributed by atoms with E-state index >= 15 is 0 Å². The van der Waals surface area contributed by atoms with Crippen LogP contribution in [0.2, 0.25) is 0 Å². The zero-order valence-corrected chi connectivity index (χ0v) is 6.57. The first-order valence-corrected chi connectivity index (χ1v) is 3.15. The predicted molar refractivity (Wildman–Crippen MR) is 36.7 cm³/mol. The maximum Gasteiger partial charge on any atom is 0.307 e. The summed E-state index contributed by atoms with van der Waals surface area (Å²) in [6.07, 6.45) is 0. The van der Waals surface area contributed by atoms with Crippen LogP contribution in [0.1, 0.15) is 20.8 Å². The third-order valence-corrected chi connectivity index (χ3v) is 1.73. The van der Waals surface area contributed by atoms with Gasteiger partial charge in [0.2, 0.25) is 0 Å². The van der Waals surface area contributed by atoms with Gasteiger partial charge in [-0.1, -0.05) is 6.92 Å². The molecule has 0 aliphatic carbocycles. The maximum absolute atomic E-state index is 10.3. The Morgan fingerprint density at radius 2 is 2.00 bits per heavy atom. The Kier molecular flexibility index (Phi) is 2.50. The standard InChI is InChI=1S/C6H11ClO2/c1-4(5(8)9)6(2,3)7/h4H,1-3H3,(H,8,9). The number of alkyl halides is 1. The van der Waals surface area contributed by atoms with E-state index in [0.717, 1.165) is 0 Å². The summed E-state index contributed by atoms with van der Waals surface area (Å²) >= 11 is 5.70. The number of rotatable bonds is 2. The van der Waals surface area contributed by atoms with Crippen LogP contribution in [0.5, 0.6) is 0 Å². The van der Waals surface area contributed by atoms with E-state index in [0.29, 0.717) is 0 Å². The highest BCUT2D eigenvalue weighted by Crippen LogP contribution is 2.23. The van der Waals surface area contributed by atoms with Crippen LogP contribution in [-0.4, -0.2) is 16.0 Å². The topological polar surface area (TPSA) is 37.3 Å². The third-order valence-electron chi connectivity index (χ3n) is 1.40. The summed E-state index contributed by atoms with van der Waals surface area (Å²) < 4.78 is 0. The molecule has 0 saturated heterocycles. The van der Waals surface area contributed by atoms with Gasteiger partial charge in [-0.25, -0.2) is 0 Å². The maximum atomic E-state index is 10.3. The van der Waals surface area contributed by atoms with Crippen molar-refractivity contribution in [1.29, 1.82) is 0 Å². The van der Waals surface area contributed by atoms with Gasteiger partial charge in [-0.05, 0) is 13.8 Å². The first-order chi connectivity index (χ1) is 3.85. The molecule has 1 atom stereocenters. The molecular weight excluding hydrogens is 140 g/mol. The number of carbonyl (C=O) groups is 1. The van der Waals surface area contributed by atoms with E-state index in [4.69, 9.17) is 16.7 Å². The molecule has 54 valence electrons. The van der Waals surface area contributed by atoms with Crippen LogP contribution in [0, 0.1) is 5.92 Å². The first kappa shape index (κ1) is 8.76. The van der Waals surface area contributed by atoms with E-state index in [1.165, 1.54) is 0 Å². The second-order valence-electron chi connectivity index (χ2n) is 2.62. The minimum absolute atomic E-state index is 0.501. The molecule has 0 aromatic heterocycles. The third kappa shape index (κ3) is 2.70. The van der Waals surface area contributed by atoms with E-state index in [9.17, 15) is 4.79 Å². The molecular formula is C6H11ClO2. The zero-order valence-electron chi connectivity index (χ0n) is 5.81. The molecule has 0 bridgehead atoms. The first-order valence-electron chi connectivity index (χ1n) is 2.77. The van der Waals surface area contributed by atoms with Gasteiger partial charge in [0.15, 0.2) is 0 Å². The Morgan fingerprint density at radius 1 is 1.67 bits per heavy atom. The Bertz CT molecular complexity index is 115. The summed E-state index contributed by atoms with van der Waals surface area (Å²) in [6.45, 7) is 4.97. The molecule has 0 radical (unpaired) electrons. The molecule has 2 nitrogen and oxygen atoms in total. The highest BCUT2D eigenvalue weighted by atomic mass is 35.5. The van der Waals surface area contributed by atoms with Crippen molar-refractivity contribution >= 4 is 17.6 Å². The molecule has 0 aliphatic heterocycles. The smallest absolute Gasteiger partial charge is 0.307 e. The molecule has 0 saturated carbocycles. The molecule has 0 amide bonds. The summed E-state index contributed by atoms with van der Waals surface area (Å²) in [7, 11) is 0. The van der Waals surface area contributed by atoms with Crippen LogP contribution in [-0.2, 0) is 4.79 Å². The summed E-state index contributed by atoms with van der Waals surface area (Å²) in [5.74, 6) is -1.35. The summed E-state index contributed by atoms with van der Waals surface area (Å²) in [6, 6.07) is 0. The lowest BCUT2D eigenvalue weighted by atomic mass is 9.98. The number of aliphatic carboxylic acids is 1. The fraction of sp³-hybridized carbons (Fsp3) is 0.833. The Balaban J connectivity index is 4.04. The number of carboxylic acids is 1. The van der Waals surface area contributed by atoms with E-state index in [-0.39, 0.29) is 0 Å². The molecule has 0 fully saturated rings. The van der Waals surface area contributed by atoms with Crippen LogP contribution in [0.15, 0.2) is 0 Å². The Morgan fingerprint density at radius 3 is 2.00 bits per heavy atom.